The first-order valence-corrected chi connectivity index (χ1v) is 13.4. The quantitative estimate of drug-likeness (QED) is 0.469. The number of hydrogen-bond donors (Lipinski definition) is 2. The van der Waals surface area contributed by atoms with Crippen molar-refractivity contribution in [2.45, 2.75) is 62.7 Å². The van der Waals surface area contributed by atoms with Gasteiger partial charge in [-0.1, -0.05) is 44.2 Å². The molecular weight excluding hydrogens is 478 g/mol. The molecule has 2 N–H and O–H groups in total. The van der Waals surface area contributed by atoms with Gasteiger partial charge in [-0.15, -0.1) is 11.8 Å². The molecule has 2 aliphatic rings. The van der Waals surface area contributed by atoms with Crippen LogP contribution in [0.4, 0.5) is 0 Å². The number of ether oxygens (including phenoxy) is 1. The number of fused-ring (bicyclic) bond motifs is 2. The van der Waals surface area contributed by atoms with Crippen molar-refractivity contribution in [3.05, 3.63) is 42.0 Å². The van der Waals surface area contributed by atoms with Crippen molar-refractivity contribution >= 4 is 40.3 Å². The van der Waals surface area contributed by atoms with E-state index >= 15 is 0 Å². The molecule has 2 aromatic rings. The van der Waals surface area contributed by atoms with Gasteiger partial charge in [0.1, 0.15) is 17.2 Å². The standard InChI is InChI=1S/C27H35N3O5S/c1-6-29(7-2)16-15-27(25(33)34)26(4,5)36-24-21(23(32)30(24)27)28-22(31)20-18-12-10-9-11-17(18)13-14-19(20)35-8-3/h9-14,21,24H,6-8,15-16H2,1-5H3,(H,28,31)(H,33,34)/t21-,24-,27+/m1/s1. The van der Waals surface area contributed by atoms with Gasteiger partial charge in [0.05, 0.1) is 12.2 Å². The molecule has 2 aliphatic heterocycles. The predicted octanol–water partition coefficient (Wildman–Crippen LogP) is 3.59. The predicted molar refractivity (Wildman–Crippen MR) is 141 cm³/mol. The number of carboxylic acids is 1. The molecule has 0 bridgehead atoms. The first-order chi connectivity index (χ1) is 17.1. The zero-order valence-corrected chi connectivity index (χ0v) is 22.4. The first kappa shape index (κ1) is 26.3. The summed E-state index contributed by atoms with van der Waals surface area (Å²) in [5.41, 5.74) is -0.964. The highest BCUT2D eigenvalue weighted by atomic mass is 32.2. The van der Waals surface area contributed by atoms with E-state index in [1.807, 2.05) is 65.0 Å². The van der Waals surface area contributed by atoms with Crippen LogP contribution in [0.1, 0.15) is 51.4 Å². The van der Waals surface area contributed by atoms with Crippen LogP contribution in [0.2, 0.25) is 0 Å². The lowest BCUT2D eigenvalue weighted by Gasteiger charge is -2.50. The molecule has 2 heterocycles. The molecule has 9 heteroatoms. The minimum absolute atomic E-state index is 0.324. The first-order valence-electron chi connectivity index (χ1n) is 12.5. The Hall–Kier alpha value is -2.78. The molecule has 2 aromatic carbocycles. The lowest BCUT2D eigenvalue weighted by molar-refractivity contribution is -0.172. The number of rotatable bonds is 10. The van der Waals surface area contributed by atoms with Crippen LogP contribution in [0.15, 0.2) is 36.4 Å². The summed E-state index contributed by atoms with van der Waals surface area (Å²) in [6.45, 7) is 12.3. The Morgan fingerprint density at radius 2 is 1.83 bits per heavy atom. The third-order valence-electron chi connectivity index (χ3n) is 7.61. The molecule has 36 heavy (non-hydrogen) atoms. The summed E-state index contributed by atoms with van der Waals surface area (Å²) in [6, 6.07) is 10.4. The summed E-state index contributed by atoms with van der Waals surface area (Å²) < 4.78 is 5.01. The second-order valence-corrected chi connectivity index (χ2v) is 11.5. The maximum absolute atomic E-state index is 13.5. The molecule has 0 spiro atoms. The molecule has 2 fully saturated rings. The zero-order valence-electron chi connectivity index (χ0n) is 21.5. The SMILES string of the molecule is CCOc1ccc2ccccc2c1C(=O)N[C@@H]1C(=O)N2[C@@H]1SC(C)(C)[C@]2(CCN(CC)CC)C(=O)O. The number of nitrogens with zero attached hydrogens (tertiary/aromatic N) is 2. The van der Waals surface area contributed by atoms with Crippen molar-refractivity contribution in [1.82, 2.24) is 15.1 Å². The summed E-state index contributed by atoms with van der Waals surface area (Å²) in [7, 11) is 0. The molecule has 0 saturated carbocycles. The Morgan fingerprint density at radius 1 is 1.14 bits per heavy atom. The number of hydrogen-bond acceptors (Lipinski definition) is 6. The van der Waals surface area contributed by atoms with Crippen molar-refractivity contribution in [2.24, 2.45) is 0 Å². The number of aliphatic carboxylic acids is 1. The summed E-state index contributed by atoms with van der Waals surface area (Å²) in [5.74, 6) is -1.30. The van der Waals surface area contributed by atoms with Crippen molar-refractivity contribution in [3.8, 4) is 5.75 Å². The molecule has 8 nitrogen and oxygen atoms in total. The van der Waals surface area contributed by atoms with E-state index in [1.165, 1.54) is 16.7 Å². The smallest absolute Gasteiger partial charge is 0.331 e. The Bertz CT molecular complexity index is 1180. The number of β-lactam (4-membered cyclic amide) rings is 1. The van der Waals surface area contributed by atoms with Crippen molar-refractivity contribution in [1.29, 1.82) is 0 Å². The molecule has 0 aliphatic carbocycles. The molecule has 2 saturated heterocycles. The van der Waals surface area contributed by atoms with E-state index in [9.17, 15) is 19.5 Å². The molecule has 0 aromatic heterocycles. The van der Waals surface area contributed by atoms with Gasteiger partial charge in [-0.3, -0.25) is 9.59 Å². The molecule has 0 radical (unpaired) electrons. The van der Waals surface area contributed by atoms with E-state index in [0.29, 0.717) is 30.9 Å². The summed E-state index contributed by atoms with van der Waals surface area (Å²) in [6.07, 6.45) is 0.324. The van der Waals surface area contributed by atoms with Gasteiger partial charge in [0.15, 0.2) is 5.54 Å². The van der Waals surface area contributed by atoms with Crippen LogP contribution < -0.4 is 10.1 Å². The molecule has 194 valence electrons. The average molecular weight is 514 g/mol. The van der Waals surface area contributed by atoms with Gasteiger partial charge in [0, 0.05) is 11.3 Å². The summed E-state index contributed by atoms with van der Waals surface area (Å²) in [4.78, 5) is 43.4. The van der Waals surface area contributed by atoms with Gasteiger partial charge in [-0.25, -0.2) is 4.79 Å². The van der Waals surface area contributed by atoms with Crippen LogP contribution in [0, 0.1) is 0 Å². The van der Waals surface area contributed by atoms with Crippen molar-refractivity contribution < 1.29 is 24.2 Å². The van der Waals surface area contributed by atoms with Crippen LogP contribution in [0.3, 0.4) is 0 Å². The van der Waals surface area contributed by atoms with Gasteiger partial charge in [0.2, 0.25) is 5.91 Å². The van der Waals surface area contributed by atoms with Gasteiger partial charge < -0.3 is 25.0 Å². The largest absolute Gasteiger partial charge is 0.493 e. The van der Waals surface area contributed by atoms with Crippen LogP contribution >= 0.6 is 11.8 Å². The van der Waals surface area contributed by atoms with E-state index in [1.54, 1.807) is 6.07 Å². The van der Waals surface area contributed by atoms with Gasteiger partial charge in [-0.05, 0) is 57.1 Å². The third-order valence-corrected chi connectivity index (χ3v) is 9.26. The lowest BCUT2D eigenvalue weighted by Crippen LogP contribution is -2.75. The van der Waals surface area contributed by atoms with Crippen LogP contribution in [-0.4, -0.2) is 80.6 Å². The number of carboxylic acid groups (broad SMARTS) is 1. The Balaban J connectivity index is 1.63. The van der Waals surface area contributed by atoms with E-state index < -0.39 is 33.6 Å². The number of nitrogens with one attached hydrogen (secondary N) is 1. The number of carbonyl (C=O) groups excluding carboxylic acids is 2. The third kappa shape index (κ3) is 4.02. The molecule has 0 unspecified atom stereocenters. The van der Waals surface area contributed by atoms with E-state index in [4.69, 9.17) is 4.74 Å². The lowest BCUT2D eigenvalue weighted by atomic mass is 9.78. The van der Waals surface area contributed by atoms with Crippen LogP contribution in [-0.2, 0) is 9.59 Å². The number of amides is 2. The van der Waals surface area contributed by atoms with Gasteiger partial charge in [-0.2, -0.15) is 0 Å². The van der Waals surface area contributed by atoms with Crippen LogP contribution in [0.5, 0.6) is 5.75 Å². The second-order valence-electron chi connectivity index (χ2n) is 9.71. The Morgan fingerprint density at radius 3 is 2.47 bits per heavy atom. The summed E-state index contributed by atoms with van der Waals surface area (Å²) in [5, 5.41) is 14.5. The Labute approximate surface area is 216 Å². The normalized spacial score (nSPS) is 24.5. The number of benzene rings is 2. The van der Waals surface area contributed by atoms with Gasteiger partial charge >= 0.3 is 5.97 Å². The van der Waals surface area contributed by atoms with Crippen LogP contribution in [0.25, 0.3) is 10.8 Å². The fourth-order valence-electron chi connectivity index (χ4n) is 5.54. The van der Waals surface area contributed by atoms with E-state index in [-0.39, 0.29) is 5.91 Å². The highest BCUT2D eigenvalue weighted by molar-refractivity contribution is 8.01. The molecule has 4 rings (SSSR count). The van der Waals surface area contributed by atoms with Gasteiger partial charge in [0.25, 0.3) is 5.91 Å². The topological polar surface area (TPSA) is 99.2 Å². The Kier molecular flexibility index (Phi) is 7.26. The highest BCUT2D eigenvalue weighted by Crippen LogP contribution is 2.58. The minimum atomic E-state index is -1.35. The molecule has 3 atom stereocenters. The summed E-state index contributed by atoms with van der Waals surface area (Å²) >= 11 is 1.45. The number of carbonyl (C=O) groups is 3. The zero-order chi connectivity index (χ0) is 26.3. The maximum atomic E-state index is 13.5. The highest BCUT2D eigenvalue weighted by Gasteiger charge is 2.72. The molecule has 2 amide bonds. The minimum Gasteiger partial charge on any atom is -0.493 e. The fraction of sp³-hybridized carbons (Fsp3) is 0.519. The number of thioether (sulfide) groups is 1. The average Bonchev–Trinajstić information content (AvgIpc) is 3.07. The van der Waals surface area contributed by atoms with E-state index in [0.717, 1.165) is 23.9 Å². The monoisotopic (exact) mass is 513 g/mol. The maximum Gasteiger partial charge on any atom is 0.331 e. The van der Waals surface area contributed by atoms with Crippen molar-refractivity contribution in [2.75, 3.05) is 26.2 Å². The van der Waals surface area contributed by atoms with E-state index in [2.05, 4.69) is 10.2 Å². The fourth-order valence-corrected chi connectivity index (χ4v) is 7.33. The van der Waals surface area contributed by atoms with Crippen molar-refractivity contribution in [3.63, 3.8) is 0 Å². The molecular formula is C27H35N3O5S. The second kappa shape index (κ2) is 9.94.